The average Bonchev–Trinajstić information content (AvgIpc) is 3.01. The Kier molecular flexibility index (Phi) is 8.66. The second-order valence-electron chi connectivity index (χ2n) is 5.43. The molecule has 0 unspecified atom stereocenters. The minimum absolute atomic E-state index is 0. The highest BCUT2D eigenvalue weighted by atomic mass is 127. The van der Waals surface area contributed by atoms with Crippen LogP contribution in [0.15, 0.2) is 33.8 Å². The summed E-state index contributed by atoms with van der Waals surface area (Å²) in [5, 5.41) is 10.3. The van der Waals surface area contributed by atoms with Crippen molar-refractivity contribution in [2.45, 2.75) is 32.7 Å². The van der Waals surface area contributed by atoms with Crippen LogP contribution in [0.2, 0.25) is 0 Å². The van der Waals surface area contributed by atoms with Gasteiger partial charge < -0.3 is 15.2 Å². The second-order valence-corrected chi connectivity index (χ2v) is 5.43. The lowest BCUT2D eigenvalue weighted by Gasteiger charge is -2.11. The van der Waals surface area contributed by atoms with Crippen LogP contribution in [0.5, 0.6) is 0 Å². The van der Waals surface area contributed by atoms with Crippen LogP contribution in [0.4, 0.5) is 4.39 Å². The van der Waals surface area contributed by atoms with Gasteiger partial charge in [0.05, 0.1) is 0 Å². The third-order valence-electron chi connectivity index (χ3n) is 3.23. The van der Waals surface area contributed by atoms with Gasteiger partial charge in [0.25, 0.3) is 0 Å². The van der Waals surface area contributed by atoms with Crippen LogP contribution < -0.4 is 10.6 Å². The summed E-state index contributed by atoms with van der Waals surface area (Å²) < 4.78 is 18.0. The van der Waals surface area contributed by atoms with Gasteiger partial charge in [-0.25, -0.2) is 4.39 Å². The third kappa shape index (κ3) is 6.42. The number of aromatic nitrogens is 2. The van der Waals surface area contributed by atoms with Crippen molar-refractivity contribution in [2.24, 2.45) is 4.99 Å². The number of guanidine groups is 1. The van der Waals surface area contributed by atoms with E-state index in [0.717, 1.165) is 11.4 Å². The van der Waals surface area contributed by atoms with E-state index in [4.69, 9.17) is 4.52 Å². The number of nitrogens with one attached hydrogen (secondary N) is 2. The number of hydrogen-bond acceptors (Lipinski definition) is 4. The van der Waals surface area contributed by atoms with Gasteiger partial charge in [-0.1, -0.05) is 31.1 Å². The van der Waals surface area contributed by atoms with Crippen LogP contribution >= 0.6 is 24.0 Å². The summed E-state index contributed by atoms with van der Waals surface area (Å²) in [4.78, 5) is 8.46. The molecule has 132 valence electrons. The molecule has 24 heavy (non-hydrogen) atoms. The highest BCUT2D eigenvalue weighted by Gasteiger charge is 2.09. The maximum Gasteiger partial charge on any atom is 0.228 e. The first kappa shape index (κ1) is 20.3. The van der Waals surface area contributed by atoms with Gasteiger partial charge >= 0.3 is 0 Å². The molecule has 1 heterocycles. The maximum atomic E-state index is 12.9. The minimum Gasteiger partial charge on any atom is -0.356 e. The molecule has 0 amide bonds. The Bertz CT molecular complexity index is 642. The molecule has 0 aliphatic rings. The van der Waals surface area contributed by atoms with Crippen molar-refractivity contribution >= 4 is 29.9 Å². The normalized spacial score (nSPS) is 11.3. The molecular weight excluding hydrogens is 424 g/mol. The zero-order chi connectivity index (χ0) is 16.7. The van der Waals surface area contributed by atoms with Crippen LogP contribution in [0, 0.1) is 5.82 Å². The molecule has 0 atom stereocenters. The lowest BCUT2D eigenvalue weighted by Crippen LogP contribution is -2.37. The van der Waals surface area contributed by atoms with E-state index in [-0.39, 0.29) is 35.7 Å². The molecular formula is C16H23FIN5O. The first-order valence-electron chi connectivity index (χ1n) is 7.60. The van der Waals surface area contributed by atoms with Crippen molar-refractivity contribution in [3.05, 3.63) is 47.4 Å². The summed E-state index contributed by atoms with van der Waals surface area (Å²) in [6, 6.07) is 6.35. The fraction of sp³-hybridized carbons (Fsp3) is 0.438. The van der Waals surface area contributed by atoms with E-state index < -0.39 is 0 Å². The molecule has 2 rings (SSSR count). The number of benzene rings is 1. The smallest absolute Gasteiger partial charge is 0.228 e. The SMILES string of the molecule is CN=C(NCCc1nc(C(C)C)no1)NCc1ccc(F)cc1.I. The molecule has 0 radical (unpaired) electrons. The van der Waals surface area contributed by atoms with E-state index in [1.165, 1.54) is 12.1 Å². The molecule has 1 aromatic heterocycles. The van der Waals surface area contributed by atoms with Gasteiger partial charge in [0, 0.05) is 32.5 Å². The van der Waals surface area contributed by atoms with Crippen LogP contribution in [0.3, 0.4) is 0 Å². The van der Waals surface area contributed by atoms with Crippen molar-refractivity contribution in [1.82, 2.24) is 20.8 Å². The number of aliphatic imine (C=N–C) groups is 1. The number of rotatable bonds is 6. The maximum absolute atomic E-state index is 12.9. The Labute approximate surface area is 158 Å². The van der Waals surface area contributed by atoms with Crippen LogP contribution in [0.25, 0.3) is 0 Å². The number of hydrogen-bond donors (Lipinski definition) is 2. The van der Waals surface area contributed by atoms with Gasteiger partial charge in [-0.15, -0.1) is 24.0 Å². The summed E-state index contributed by atoms with van der Waals surface area (Å²) in [7, 11) is 1.70. The highest BCUT2D eigenvalue weighted by Crippen LogP contribution is 2.09. The molecule has 0 aliphatic carbocycles. The number of nitrogens with zero attached hydrogens (tertiary/aromatic N) is 3. The predicted octanol–water partition coefficient (Wildman–Crippen LogP) is 2.86. The van der Waals surface area contributed by atoms with Gasteiger partial charge in [0.2, 0.25) is 5.89 Å². The Balaban J connectivity index is 0.00000288. The van der Waals surface area contributed by atoms with Crippen molar-refractivity contribution in [3.8, 4) is 0 Å². The Hall–Kier alpha value is -1.71. The van der Waals surface area contributed by atoms with Gasteiger partial charge in [0.15, 0.2) is 11.8 Å². The summed E-state index contributed by atoms with van der Waals surface area (Å²) in [5.41, 5.74) is 0.979. The van der Waals surface area contributed by atoms with Crippen molar-refractivity contribution in [1.29, 1.82) is 0 Å². The zero-order valence-electron chi connectivity index (χ0n) is 14.0. The molecule has 0 bridgehead atoms. The largest absolute Gasteiger partial charge is 0.356 e. The Morgan fingerprint density at radius 2 is 1.96 bits per heavy atom. The first-order valence-corrected chi connectivity index (χ1v) is 7.60. The molecule has 1 aromatic carbocycles. The Morgan fingerprint density at radius 1 is 1.25 bits per heavy atom. The zero-order valence-corrected chi connectivity index (χ0v) is 16.4. The Morgan fingerprint density at radius 3 is 2.54 bits per heavy atom. The summed E-state index contributed by atoms with van der Waals surface area (Å²) in [5.74, 6) is 2.01. The highest BCUT2D eigenvalue weighted by molar-refractivity contribution is 14.0. The fourth-order valence-corrected chi connectivity index (χ4v) is 1.90. The van der Waals surface area contributed by atoms with E-state index in [0.29, 0.717) is 31.4 Å². The molecule has 2 N–H and O–H groups in total. The van der Waals surface area contributed by atoms with E-state index in [2.05, 4.69) is 25.8 Å². The van der Waals surface area contributed by atoms with Gasteiger partial charge in [0.1, 0.15) is 5.82 Å². The molecule has 0 spiro atoms. The first-order chi connectivity index (χ1) is 11.1. The molecule has 0 saturated carbocycles. The van der Waals surface area contributed by atoms with Crippen LogP contribution in [-0.2, 0) is 13.0 Å². The predicted molar refractivity (Wildman–Crippen MR) is 102 cm³/mol. The van der Waals surface area contributed by atoms with Crippen LogP contribution in [0.1, 0.15) is 37.0 Å². The molecule has 8 heteroatoms. The van der Waals surface area contributed by atoms with E-state index in [1.54, 1.807) is 19.2 Å². The fourth-order valence-electron chi connectivity index (χ4n) is 1.90. The lowest BCUT2D eigenvalue weighted by atomic mass is 10.2. The molecule has 0 fully saturated rings. The van der Waals surface area contributed by atoms with Crippen molar-refractivity contribution in [3.63, 3.8) is 0 Å². The number of halogens is 2. The summed E-state index contributed by atoms with van der Waals surface area (Å²) in [6.45, 7) is 5.24. The topological polar surface area (TPSA) is 75.3 Å². The van der Waals surface area contributed by atoms with Crippen LogP contribution in [-0.4, -0.2) is 29.7 Å². The summed E-state index contributed by atoms with van der Waals surface area (Å²) >= 11 is 0. The van der Waals surface area contributed by atoms with Gasteiger partial charge in [-0.05, 0) is 17.7 Å². The quantitative estimate of drug-likeness (QED) is 0.405. The molecule has 6 nitrogen and oxygen atoms in total. The van der Waals surface area contributed by atoms with E-state index in [1.807, 2.05) is 13.8 Å². The second kappa shape index (κ2) is 10.2. The van der Waals surface area contributed by atoms with Gasteiger partial charge in [-0.3, -0.25) is 4.99 Å². The standard InChI is InChI=1S/C16H22FN5O.HI/c1-11(2)15-21-14(23-22-15)8-9-19-16(18-3)20-10-12-4-6-13(17)7-5-12;/h4-7,11H,8-10H2,1-3H3,(H2,18,19,20);1H. The van der Waals surface area contributed by atoms with Gasteiger partial charge in [-0.2, -0.15) is 4.98 Å². The van der Waals surface area contributed by atoms with Crippen molar-refractivity contribution in [2.75, 3.05) is 13.6 Å². The average molecular weight is 447 g/mol. The lowest BCUT2D eigenvalue weighted by molar-refractivity contribution is 0.371. The third-order valence-corrected chi connectivity index (χ3v) is 3.23. The molecule has 0 saturated heterocycles. The van der Waals surface area contributed by atoms with E-state index in [9.17, 15) is 4.39 Å². The van der Waals surface area contributed by atoms with Crippen molar-refractivity contribution < 1.29 is 8.91 Å². The molecule has 0 aliphatic heterocycles. The summed E-state index contributed by atoms with van der Waals surface area (Å²) in [6.07, 6.45) is 0.622. The minimum atomic E-state index is -0.239. The molecule has 2 aromatic rings. The monoisotopic (exact) mass is 447 g/mol. The van der Waals surface area contributed by atoms with E-state index >= 15 is 0 Å².